The fourth-order valence-corrected chi connectivity index (χ4v) is 4.32. The van der Waals surface area contributed by atoms with Gasteiger partial charge in [0.15, 0.2) is 0 Å². The zero-order valence-electron chi connectivity index (χ0n) is 14.1. The number of carbonyl (C=O) groups excluding carboxylic acids is 1. The van der Waals surface area contributed by atoms with Gasteiger partial charge in [-0.2, -0.15) is 0 Å². The molecule has 130 valence electrons. The number of aromatic nitrogens is 3. The predicted molar refractivity (Wildman–Crippen MR) is 98.2 cm³/mol. The monoisotopic (exact) mass is 356 g/mol. The summed E-state index contributed by atoms with van der Waals surface area (Å²) in [6, 6.07) is 7.87. The first-order valence-electron chi connectivity index (χ1n) is 8.60. The second kappa shape index (κ2) is 6.48. The molecule has 0 bridgehead atoms. The highest BCUT2D eigenvalue weighted by Crippen LogP contribution is 2.26. The molecule has 0 aliphatic carbocycles. The maximum Gasteiger partial charge on any atom is 0.326 e. The summed E-state index contributed by atoms with van der Waals surface area (Å²) in [5, 5.41) is 0.989. The van der Waals surface area contributed by atoms with Gasteiger partial charge in [-0.25, -0.2) is 9.78 Å². The molecule has 6 nitrogen and oxygen atoms in total. The van der Waals surface area contributed by atoms with Crippen LogP contribution in [0.25, 0.3) is 11.0 Å². The van der Waals surface area contributed by atoms with Gasteiger partial charge in [0.25, 0.3) is 5.91 Å². The normalized spacial score (nSPS) is 15.8. The number of nitrogens with zero attached hydrogens (tertiary/aromatic N) is 3. The SMILES string of the molecule is CCc1ncc(C(=O)N2CCC(n3c(=O)[nH]c4ccccc43)CC2)s1. The smallest absolute Gasteiger partial charge is 0.326 e. The molecule has 1 amide bonds. The molecule has 1 fully saturated rings. The van der Waals surface area contributed by atoms with Gasteiger partial charge in [0.1, 0.15) is 4.88 Å². The first kappa shape index (κ1) is 16.1. The van der Waals surface area contributed by atoms with Crippen molar-refractivity contribution in [1.82, 2.24) is 19.4 Å². The van der Waals surface area contributed by atoms with E-state index >= 15 is 0 Å². The predicted octanol–water partition coefficient (Wildman–Crippen LogP) is 2.83. The molecule has 3 heterocycles. The minimum atomic E-state index is -0.0685. The average molecular weight is 356 g/mol. The number of rotatable bonds is 3. The van der Waals surface area contributed by atoms with Crippen LogP contribution < -0.4 is 5.69 Å². The van der Waals surface area contributed by atoms with E-state index in [0.29, 0.717) is 18.0 Å². The molecule has 0 unspecified atom stereocenters. The van der Waals surface area contributed by atoms with E-state index in [1.165, 1.54) is 11.3 Å². The Morgan fingerprint density at radius 3 is 2.80 bits per heavy atom. The highest BCUT2D eigenvalue weighted by atomic mass is 32.1. The van der Waals surface area contributed by atoms with Gasteiger partial charge in [0, 0.05) is 19.1 Å². The Morgan fingerprint density at radius 1 is 1.32 bits per heavy atom. The van der Waals surface area contributed by atoms with Crippen molar-refractivity contribution in [3.8, 4) is 0 Å². The summed E-state index contributed by atoms with van der Waals surface area (Å²) in [7, 11) is 0. The van der Waals surface area contributed by atoms with Crippen LogP contribution in [0.2, 0.25) is 0 Å². The van der Waals surface area contributed by atoms with Crippen LogP contribution in [0.3, 0.4) is 0 Å². The fourth-order valence-electron chi connectivity index (χ4n) is 3.49. The van der Waals surface area contributed by atoms with E-state index < -0.39 is 0 Å². The molecule has 1 aliphatic heterocycles. The first-order chi connectivity index (χ1) is 12.2. The lowest BCUT2D eigenvalue weighted by Gasteiger charge is -2.32. The van der Waals surface area contributed by atoms with E-state index in [1.54, 1.807) is 6.20 Å². The van der Waals surface area contributed by atoms with E-state index in [4.69, 9.17) is 0 Å². The number of benzene rings is 1. The molecule has 25 heavy (non-hydrogen) atoms. The number of nitrogens with one attached hydrogen (secondary N) is 1. The maximum absolute atomic E-state index is 12.6. The number of hydrogen-bond donors (Lipinski definition) is 1. The molecule has 4 rings (SSSR count). The molecular formula is C18H20N4O2S. The van der Waals surface area contributed by atoms with Gasteiger partial charge >= 0.3 is 5.69 Å². The van der Waals surface area contributed by atoms with Gasteiger partial charge in [0.2, 0.25) is 0 Å². The number of fused-ring (bicyclic) bond motifs is 1. The zero-order valence-corrected chi connectivity index (χ0v) is 14.9. The summed E-state index contributed by atoms with van der Waals surface area (Å²) in [4.78, 5) is 34.7. The number of piperidine rings is 1. The number of carbonyl (C=O) groups is 1. The summed E-state index contributed by atoms with van der Waals surface area (Å²) in [6.07, 6.45) is 4.10. The molecule has 1 saturated heterocycles. The molecule has 0 atom stereocenters. The molecular weight excluding hydrogens is 336 g/mol. The number of likely N-dealkylation sites (tertiary alicyclic amines) is 1. The summed E-state index contributed by atoms with van der Waals surface area (Å²) < 4.78 is 1.85. The van der Waals surface area contributed by atoms with E-state index in [-0.39, 0.29) is 17.6 Å². The Labute approximate surface area is 149 Å². The van der Waals surface area contributed by atoms with Crippen molar-refractivity contribution in [3.63, 3.8) is 0 Å². The maximum atomic E-state index is 12.6. The molecule has 3 aromatic rings. The van der Waals surface area contributed by atoms with Gasteiger partial charge in [-0.3, -0.25) is 9.36 Å². The van der Waals surface area contributed by atoms with Gasteiger partial charge in [-0.1, -0.05) is 19.1 Å². The topological polar surface area (TPSA) is 71.0 Å². The van der Waals surface area contributed by atoms with Crippen molar-refractivity contribution in [2.75, 3.05) is 13.1 Å². The Morgan fingerprint density at radius 2 is 2.08 bits per heavy atom. The average Bonchev–Trinajstić information content (AvgIpc) is 3.25. The van der Waals surface area contributed by atoms with Crippen molar-refractivity contribution in [3.05, 3.63) is 50.8 Å². The highest BCUT2D eigenvalue weighted by Gasteiger charge is 2.27. The van der Waals surface area contributed by atoms with Crippen LogP contribution in [0.5, 0.6) is 0 Å². The summed E-state index contributed by atoms with van der Waals surface area (Å²) in [6.45, 7) is 3.36. The number of hydrogen-bond acceptors (Lipinski definition) is 4. The number of aromatic amines is 1. The van der Waals surface area contributed by atoms with E-state index in [9.17, 15) is 9.59 Å². The van der Waals surface area contributed by atoms with Crippen LogP contribution in [0.15, 0.2) is 35.3 Å². The third-order valence-corrected chi connectivity index (χ3v) is 5.94. The summed E-state index contributed by atoms with van der Waals surface area (Å²) in [5.74, 6) is 0.0573. The molecule has 0 radical (unpaired) electrons. The largest absolute Gasteiger partial charge is 0.338 e. The number of thiazole rings is 1. The van der Waals surface area contributed by atoms with Gasteiger partial charge in [-0.15, -0.1) is 11.3 Å². The van der Waals surface area contributed by atoms with Gasteiger partial charge < -0.3 is 9.88 Å². The Bertz CT molecular complexity index is 963. The van der Waals surface area contributed by atoms with Crippen LogP contribution in [-0.4, -0.2) is 38.4 Å². The van der Waals surface area contributed by atoms with Crippen LogP contribution in [0.1, 0.15) is 40.5 Å². The molecule has 2 aromatic heterocycles. The number of imidazole rings is 1. The summed E-state index contributed by atoms with van der Waals surface area (Å²) >= 11 is 1.47. The van der Waals surface area contributed by atoms with Gasteiger partial charge in [0.05, 0.1) is 22.2 Å². The zero-order chi connectivity index (χ0) is 17.4. The number of amides is 1. The molecule has 1 aromatic carbocycles. The van der Waals surface area contributed by atoms with E-state index in [1.807, 2.05) is 40.7 Å². The van der Waals surface area contributed by atoms with Crippen molar-refractivity contribution >= 4 is 28.3 Å². The lowest BCUT2D eigenvalue weighted by molar-refractivity contribution is 0.0699. The Balaban J connectivity index is 1.50. The van der Waals surface area contributed by atoms with Crippen LogP contribution in [0, 0.1) is 0 Å². The number of H-pyrrole nitrogens is 1. The van der Waals surface area contributed by atoms with Crippen molar-refractivity contribution in [2.45, 2.75) is 32.2 Å². The quantitative estimate of drug-likeness (QED) is 0.784. The second-order valence-corrected chi connectivity index (χ2v) is 7.43. The van der Waals surface area contributed by atoms with Gasteiger partial charge in [-0.05, 0) is 31.4 Å². The number of aryl methyl sites for hydroxylation is 1. The van der Waals surface area contributed by atoms with Crippen molar-refractivity contribution in [2.24, 2.45) is 0 Å². The Kier molecular flexibility index (Phi) is 4.17. The van der Waals surface area contributed by atoms with Crippen LogP contribution >= 0.6 is 11.3 Å². The van der Waals surface area contributed by atoms with E-state index in [0.717, 1.165) is 35.3 Å². The highest BCUT2D eigenvalue weighted by molar-refractivity contribution is 7.13. The lowest BCUT2D eigenvalue weighted by Crippen LogP contribution is -2.40. The minimum absolute atomic E-state index is 0.0573. The molecule has 1 N–H and O–H groups in total. The summed E-state index contributed by atoms with van der Waals surface area (Å²) in [5.41, 5.74) is 1.73. The third-order valence-electron chi connectivity index (χ3n) is 4.81. The minimum Gasteiger partial charge on any atom is -0.338 e. The van der Waals surface area contributed by atoms with Crippen LogP contribution in [-0.2, 0) is 6.42 Å². The molecule has 0 saturated carbocycles. The molecule has 1 aliphatic rings. The third kappa shape index (κ3) is 2.89. The van der Waals surface area contributed by atoms with Crippen LogP contribution in [0.4, 0.5) is 0 Å². The van der Waals surface area contributed by atoms with E-state index in [2.05, 4.69) is 9.97 Å². The second-order valence-electron chi connectivity index (χ2n) is 6.31. The Hall–Kier alpha value is -2.41. The van der Waals surface area contributed by atoms with Crippen molar-refractivity contribution < 1.29 is 4.79 Å². The molecule has 0 spiro atoms. The number of para-hydroxylation sites is 2. The standard InChI is InChI=1S/C18H20N4O2S/c1-2-16-19-11-15(25-16)17(23)21-9-7-12(8-10-21)22-14-6-4-3-5-13(14)20-18(22)24/h3-6,11-12H,2,7-10H2,1H3,(H,20,24). The first-order valence-corrected chi connectivity index (χ1v) is 9.42. The van der Waals surface area contributed by atoms with Crippen molar-refractivity contribution in [1.29, 1.82) is 0 Å². The fraction of sp³-hybridized carbons (Fsp3) is 0.389. The lowest BCUT2D eigenvalue weighted by atomic mass is 10.0. The molecule has 7 heteroatoms.